The van der Waals surface area contributed by atoms with Crippen molar-refractivity contribution >= 4 is 35.5 Å². The number of ketones is 1. The standard InChI is InChI=1S/C31H38N4O5/c1-31(2,3)35-30(40)27(37)24(20-23-15-10-18-32-28(23)38)34-29(39)25(19-22-13-8-5-9-14-22)33-26(36)17-16-21-11-6-4-7-12-21/h4-9,11-14,16-17,23-25H,10,15,18-20H2,1-3H3,(H,32,38)(H,33,36)(H,34,39)(H,35,40)/b17-16+/t23-,24-,25-/m0/s1. The molecule has 0 bridgehead atoms. The molecular weight excluding hydrogens is 508 g/mol. The molecule has 4 N–H and O–H groups in total. The fraction of sp³-hybridized carbons (Fsp3) is 0.387. The SMILES string of the molecule is CC(C)(C)NC(=O)C(=O)[C@H](C[C@@H]1CCCNC1=O)NC(=O)[C@H](Cc1ccccc1)NC(=O)/C=C/c1ccccc1. The second-order valence-corrected chi connectivity index (χ2v) is 11.0. The van der Waals surface area contributed by atoms with Crippen LogP contribution in [0.25, 0.3) is 6.08 Å². The van der Waals surface area contributed by atoms with E-state index in [-0.39, 0.29) is 18.7 Å². The zero-order chi connectivity index (χ0) is 29.1. The zero-order valence-corrected chi connectivity index (χ0v) is 23.2. The van der Waals surface area contributed by atoms with Gasteiger partial charge in [-0.1, -0.05) is 60.7 Å². The van der Waals surface area contributed by atoms with Crippen molar-refractivity contribution in [3.8, 4) is 0 Å². The molecule has 1 heterocycles. The number of hydrogen-bond acceptors (Lipinski definition) is 5. The van der Waals surface area contributed by atoms with E-state index in [1.54, 1.807) is 26.8 Å². The highest BCUT2D eigenvalue weighted by Gasteiger charge is 2.35. The number of piperidine rings is 1. The lowest BCUT2D eigenvalue weighted by molar-refractivity contribution is -0.142. The van der Waals surface area contributed by atoms with Gasteiger partial charge in [0.1, 0.15) is 6.04 Å². The third kappa shape index (κ3) is 9.80. The Morgan fingerprint density at radius 3 is 2.23 bits per heavy atom. The summed E-state index contributed by atoms with van der Waals surface area (Å²) >= 11 is 0. The van der Waals surface area contributed by atoms with E-state index in [0.717, 1.165) is 17.5 Å². The maximum atomic E-state index is 13.6. The second kappa shape index (κ2) is 14.2. The van der Waals surface area contributed by atoms with Crippen molar-refractivity contribution in [2.45, 2.75) is 64.1 Å². The molecule has 1 aliphatic rings. The Bertz CT molecular complexity index is 1220. The fourth-order valence-electron chi connectivity index (χ4n) is 4.42. The predicted molar refractivity (Wildman–Crippen MR) is 153 cm³/mol. The van der Waals surface area contributed by atoms with Crippen LogP contribution in [0.3, 0.4) is 0 Å². The third-order valence-corrected chi connectivity index (χ3v) is 6.41. The highest BCUT2D eigenvalue weighted by atomic mass is 16.2. The number of Topliss-reactive ketones (excluding diaryl/α,β-unsaturated/α-hetero) is 1. The normalized spacial score (nSPS) is 16.9. The van der Waals surface area contributed by atoms with E-state index in [4.69, 9.17) is 0 Å². The molecule has 0 saturated carbocycles. The lowest BCUT2D eigenvalue weighted by Crippen LogP contribution is -2.56. The third-order valence-electron chi connectivity index (χ3n) is 6.41. The first-order valence-corrected chi connectivity index (χ1v) is 13.5. The highest BCUT2D eigenvalue weighted by Crippen LogP contribution is 2.19. The van der Waals surface area contributed by atoms with Crippen molar-refractivity contribution in [2.24, 2.45) is 5.92 Å². The van der Waals surface area contributed by atoms with Gasteiger partial charge in [0, 0.05) is 30.5 Å². The van der Waals surface area contributed by atoms with Gasteiger partial charge in [-0.3, -0.25) is 24.0 Å². The maximum absolute atomic E-state index is 13.6. The molecule has 2 aromatic carbocycles. The van der Waals surface area contributed by atoms with Gasteiger partial charge in [0.2, 0.25) is 23.5 Å². The predicted octanol–water partition coefficient (Wildman–Crippen LogP) is 2.31. The van der Waals surface area contributed by atoms with Crippen LogP contribution in [0.15, 0.2) is 66.7 Å². The van der Waals surface area contributed by atoms with Crippen molar-refractivity contribution in [3.05, 3.63) is 77.9 Å². The van der Waals surface area contributed by atoms with Crippen LogP contribution in [-0.4, -0.2) is 53.6 Å². The molecule has 9 nitrogen and oxygen atoms in total. The monoisotopic (exact) mass is 546 g/mol. The Balaban J connectivity index is 1.81. The van der Waals surface area contributed by atoms with Crippen molar-refractivity contribution in [3.63, 3.8) is 0 Å². The lowest BCUT2D eigenvalue weighted by Gasteiger charge is -2.28. The van der Waals surface area contributed by atoms with Gasteiger partial charge in [-0.05, 0) is 57.2 Å². The van der Waals surface area contributed by atoms with E-state index in [2.05, 4.69) is 21.3 Å². The number of rotatable bonds is 11. The average molecular weight is 547 g/mol. The highest BCUT2D eigenvalue weighted by molar-refractivity contribution is 6.38. The van der Waals surface area contributed by atoms with Gasteiger partial charge in [0.15, 0.2) is 0 Å². The molecule has 0 radical (unpaired) electrons. The number of nitrogens with one attached hydrogen (secondary N) is 4. The van der Waals surface area contributed by atoms with Crippen LogP contribution in [0.5, 0.6) is 0 Å². The van der Waals surface area contributed by atoms with E-state index in [1.165, 1.54) is 6.08 Å². The van der Waals surface area contributed by atoms with Gasteiger partial charge >= 0.3 is 0 Å². The summed E-state index contributed by atoms with van der Waals surface area (Å²) in [6.07, 6.45) is 4.40. The maximum Gasteiger partial charge on any atom is 0.290 e. The molecule has 1 saturated heterocycles. The number of hydrogen-bond donors (Lipinski definition) is 4. The summed E-state index contributed by atoms with van der Waals surface area (Å²) in [5, 5.41) is 10.8. The van der Waals surface area contributed by atoms with Gasteiger partial charge in [0.25, 0.3) is 5.91 Å². The summed E-state index contributed by atoms with van der Waals surface area (Å²) in [4.78, 5) is 64.8. The lowest BCUT2D eigenvalue weighted by atomic mass is 9.89. The van der Waals surface area contributed by atoms with Gasteiger partial charge in [0.05, 0.1) is 6.04 Å². The smallest absolute Gasteiger partial charge is 0.290 e. The van der Waals surface area contributed by atoms with Crippen molar-refractivity contribution < 1.29 is 24.0 Å². The minimum absolute atomic E-state index is 0.0200. The minimum atomic E-state index is -1.24. The molecular formula is C31H38N4O5. The van der Waals surface area contributed by atoms with Crippen LogP contribution in [0.1, 0.15) is 51.2 Å². The van der Waals surface area contributed by atoms with E-state index in [1.807, 2.05) is 60.7 Å². The van der Waals surface area contributed by atoms with Gasteiger partial charge in [-0.2, -0.15) is 0 Å². The van der Waals surface area contributed by atoms with Crippen LogP contribution < -0.4 is 21.3 Å². The first-order chi connectivity index (χ1) is 19.0. The Morgan fingerprint density at radius 1 is 0.950 bits per heavy atom. The molecule has 2 aromatic rings. The number of benzene rings is 2. The summed E-state index contributed by atoms with van der Waals surface area (Å²) in [5.74, 6) is -3.53. The van der Waals surface area contributed by atoms with Gasteiger partial charge in [-0.15, -0.1) is 0 Å². The van der Waals surface area contributed by atoms with E-state index in [0.29, 0.717) is 13.0 Å². The van der Waals surface area contributed by atoms with Crippen LogP contribution >= 0.6 is 0 Å². The van der Waals surface area contributed by atoms with Crippen molar-refractivity contribution in [1.82, 2.24) is 21.3 Å². The first kappa shape index (κ1) is 30.3. The molecule has 1 aliphatic heterocycles. The van der Waals surface area contributed by atoms with E-state index in [9.17, 15) is 24.0 Å². The van der Waals surface area contributed by atoms with Crippen LogP contribution in [0.2, 0.25) is 0 Å². The van der Waals surface area contributed by atoms with Crippen molar-refractivity contribution in [2.75, 3.05) is 6.54 Å². The van der Waals surface area contributed by atoms with Crippen LogP contribution in [0.4, 0.5) is 0 Å². The molecule has 3 rings (SSSR count). The first-order valence-electron chi connectivity index (χ1n) is 13.5. The van der Waals surface area contributed by atoms with Crippen LogP contribution in [0, 0.1) is 5.92 Å². The minimum Gasteiger partial charge on any atom is -0.356 e. The summed E-state index contributed by atoms with van der Waals surface area (Å²) in [7, 11) is 0. The Hall–Kier alpha value is -4.27. The Kier molecular flexibility index (Phi) is 10.8. The summed E-state index contributed by atoms with van der Waals surface area (Å²) < 4.78 is 0. The second-order valence-electron chi connectivity index (χ2n) is 11.0. The number of carbonyl (C=O) groups excluding carboxylic acids is 5. The van der Waals surface area contributed by atoms with Gasteiger partial charge in [-0.25, -0.2) is 0 Å². The molecule has 3 atom stereocenters. The molecule has 0 spiro atoms. The molecule has 1 fully saturated rings. The summed E-state index contributed by atoms with van der Waals surface area (Å²) in [6.45, 7) is 5.78. The molecule has 212 valence electrons. The summed E-state index contributed by atoms with van der Waals surface area (Å²) in [5.41, 5.74) is 0.955. The van der Waals surface area contributed by atoms with E-state index < -0.39 is 47.0 Å². The molecule has 0 unspecified atom stereocenters. The molecule has 0 aliphatic carbocycles. The fourth-order valence-corrected chi connectivity index (χ4v) is 4.42. The topological polar surface area (TPSA) is 133 Å². The van der Waals surface area contributed by atoms with Gasteiger partial charge < -0.3 is 21.3 Å². The summed E-state index contributed by atoms with van der Waals surface area (Å²) in [6, 6.07) is 16.2. The Morgan fingerprint density at radius 2 is 1.60 bits per heavy atom. The molecule has 40 heavy (non-hydrogen) atoms. The number of carbonyl (C=O) groups is 5. The molecule has 9 heteroatoms. The largest absolute Gasteiger partial charge is 0.356 e. The average Bonchev–Trinajstić information content (AvgIpc) is 2.92. The molecule has 0 aromatic heterocycles. The quantitative estimate of drug-likeness (QED) is 0.254. The Labute approximate surface area is 235 Å². The van der Waals surface area contributed by atoms with Crippen molar-refractivity contribution in [1.29, 1.82) is 0 Å². The number of amides is 4. The molecule has 4 amide bonds. The van der Waals surface area contributed by atoms with E-state index >= 15 is 0 Å². The van der Waals surface area contributed by atoms with Crippen LogP contribution in [-0.2, 0) is 30.4 Å². The zero-order valence-electron chi connectivity index (χ0n) is 23.2.